The molecule has 29 heavy (non-hydrogen) atoms. The number of anilines is 1. The number of sulfonamides is 1. The van der Waals surface area contributed by atoms with Crippen LogP contribution in [-0.2, 0) is 10.0 Å². The predicted molar refractivity (Wildman–Crippen MR) is 113 cm³/mol. The summed E-state index contributed by atoms with van der Waals surface area (Å²) < 4.78 is 32.7. The van der Waals surface area contributed by atoms with Crippen LogP contribution in [0.1, 0.15) is 10.4 Å². The lowest BCUT2D eigenvalue weighted by Crippen LogP contribution is -2.47. The maximum Gasteiger partial charge on any atom is 0.255 e. The Bertz CT molecular complexity index is 966. The highest BCUT2D eigenvalue weighted by molar-refractivity contribution is 7.89. The van der Waals surface area contributed by atoms with Crippen molar-refractivity contribution >= 4 is 21.6 Å². The molecule has 0 aromatic heterocycles. The third-order valence-electron chi connectivity index (χ3n) is 4.68. The zero-order chi connectivity index (χ0) is 20.9. The van der Waals surface area contributed by atoms with E-state index >= 15 is 0 Å². The Morgan fingerprint density at radius 3 is 2.48 bits per heavy atom. The number of hydrogen-bond donors (Lipinski definition) is 1. The van der Waals surface area contributed by atoms with Crippen LogP contribution in [0, 0.1) is 0 Å². The quantitative estimate of drug-likeness (QED) is 0.703. The Balaban J connectivity index is 1.71. The van der Waals surface area contributed by atoms with Gasteiger partial charge in [0.2, 0.25) is 10.0 Å². The Morgan fingerprint density at radius 2 is 1.83 bits per heavy atom. The summed E-state index contributed by atoms with van der Waals surface area (Å²) in [5.41, 5.74) is 0.875. The molecule has 1 aliphatic rings. The molecule has 0 unspecified atom stereocenters. The first-order chi connectivity index (χ1) is 13.9. The highest BCUT2D eigenvalue weighted by Crippen LogP contribution is 2.20. The number of amides is 1. The van der Waals surface area contributed by atoms with Crippen molar-refractivity contribution in [3.8, 4) is 5.75 Å². The molecule has 7 nitrogen and oxygen atoms in total. The van der Waals surface area contributed by atoms with E-state index in [-0.39, 0.29) is 16.4 Å². The molecule has 0 aliphatic carbocycles. The van der Waals surface area contributed by atoms with Gasteiger partial charge in [0.05, 0.1) is 4.90 Å². The lowest BCUT2D eigenvalue weighted by atomic mass is 10.2. The average Bonchev–Trinajstić information content (AvgIpc) is 2.73. The topological polar surface area (TPSA) is 78.9 Å². The molecule has 2 aromatic carbocycles. The third kappa shape index (κ3) is 5.23. The second-order valence-electron chi connectivity index (χ2n) is 6.81. The first-order valence-electron chi connectivity index (χ1n) is 9.34. The van der Waals surface area contributed by atoms with Crippen molar-refractivity contribution in [2.45, 2.75) is 4.90 Å². The van der Waals surface area contributed by atoms with Crippen molar-refractivity contribution in [1.29, 1.82) is 0 Å². The Labute approximate surface area is 171 Å². The number of nitrogens with one attached hydrogen (secondary N) is 1. The van der Waals surface area contributed by atoms with Gasteiger partial charge in [-0.3, -0.25) is 4.79 Å². The lowest BCUT2D eigenvalue weighted by Gasteiger charge is -2.31. The minimum Gasteiger partial charge on any atom is -0.490 e. The summed E-state index contributed by atoms with van der Waals surface area (Å²) in [6.45, 7) is 6.25. The highest BCUT2D eigenvalue weighted by atomic mass is 32.2. The zero-order valence-electron chi connectivity index (χ0n) is 16.4. The van der Waals surface area contributed by atoms with Gasteiger partial charge in [0.1, 0.15) is 12.4 Å². The fraction of sp³-hybridized carbons (Fsp3) is 0.286. The molecule has 2 aromatic rings. The normalized spacial score (nSPS) is 15.6. The number of carbonyl (C=O) groups excluding carboxylic acids is 1. The molecule has 154 valence electrons. The van der Waals surface area contributed by atoms with Crippen LogP contribution in [0.4, 0.5) is 5.69 Å². The molecule has 1 N–H and O–H groups in total. The van der Waals surface area contributed by atoms with Gasteiger partial charge in [-0.1, -0.05) is 18.7 Å². The molecule has 1 amide bonds. The van der Waals surface area contributed by atoms with Gasteiger partial charge in [-0.25, -0.2) is 8.42 Å². The first-order valence-corrected chi connectivity index (χ1v) is 10.8. The molecule has 3 rings (SSSR count). The SMILES string of the molecule is C=CCOc1ccc(NC(=O)c2cccc(S(=O)(=O)N3CCN(C)CC3)c2)cc1. The number of rotatable bonds is 7. The molecule has 0 bridgehead atoms. The molecule has 1 aliphatic heterocycles. The summed E-state index contributed by atoms with van der Waals surface area (Å²) in [6.07, 6.45) is 1.65. The molecule has 0 spiro atoms. The Kier molecular flexibility index (Phi) is 6.68. The smallest absolute Gasteiger partial charge is 0.255 e. The van der Waals surface area contributed by atoms with E-state index in [1.165, 1.54) is 16.4 Å². The molecular weight excluding hydrogens is 390 g/mol. The van der Waals surface area contributed by atoms with Gasteiger partial charge in [0.15, 0.2) is 0 Å². The highest BCUT2D eigenvalue weighted by Gasteiger charge is 2.27. The van der Waals surface area contributed by atoms with E-state index in [1.54, 1.807) is 42.5 Å². The maximum absolute atomic E-state index is 12.9. The van der Waals surface area contributed by atoms with Crippen molar-refractivity contribution in [1.82, 2.24) is 9.21 Å². The zero-order valence-corrected chi connectivity index (χ0v) is 17.2. The van der Waals surface area contributed by atoms with Crippen molar-refractivity contribution in [2.24, 2.45) is 0 Å². The first kappa shape index (κ1) is 21.0. The van der Waals surface area contributed by atoms with E-state index in [9.17, 15) is 13.2 Å². The lowest BCUT2D eigenvalue weighted by molar-refractivity contribution is 0.102. The molecule has 8 heteroatoms. The second kappa shape index (κ2) is 9.21. The number of carbonyl (C=O) groups is 1. The summed E-state index contributed by atoms with van der Waals surface area (Å²) in [5.74, 6) is 0.295. The molecule has 1 fully saturated rings. The molecule has 1 saturated heterocycles. The van der Waals surface area contributed by atoms with Crippen molar-refractivity contribution in [3.63, 3.8) is 0 Å². The third-order valence-corrected chi connectivity index (χ3v) is 6.57. The minimum absolute atomic E-state index is 0.128. The molecule has 0 saturated carbocycles. The molecule has 0 atom stereocenters. The van der Waals surface area contributed by atoms with Gasteiger partial charge in [-0.05, 0) is 49.5 Å². The number of benzene rings is 2. The van der Waals surface area contributed by atoms with Gasteiger partial charge >= 0.3 is 0 Å². The van der Waals surface area contributed by atoms with Crippen molar-refractivity contribution < 1.29 is 17.9 Å². The number of ether oxygens (including phenoxy) is 1. The summed E-state index contributed by atoms with van der Waals surface area (Å²) in [6, 6.07) is 13.1. The largest absolute Gasteiger partial charge is 0.490 e. The van der Waals surface area contributed by atoms with Crippen molar-refractivity contribution in [3.05, 3.63) is 66.7 Å². The molecule has 0 radical (unpaired) electrons. The summed E-state index contributed by atoms with van der Waals surface area (Å²) in [4.78, 5) is 14.8. The van der Waals surface area contributed by atoms with Gasteiger partial charge in [-0.2, -0.15) is 4.31 Å². The van der Waals surface area contributed by atoms with E-state index < -0.39 is 10.0 Å². The fourth-order valence-corrected chi connectivity index (χ4v) is 4.44. The van der Waals surface area contributed by atoms with Gasteiger partial charge in [0, 0.05) is 37.4 Å². The number of hydrogen-bond acceptors (Lipinski definition) is 5. The minimum atomic E-state index is -3.63. The summed E-state index contributed by atoms with van der Waals surface area (Å²) in [5, 5.41) is 2.78. The maximum atomic E-state index is 12.9. The van der Waals surface area contributed by atoms with Crippen LogP contribution < -0.4 is 10.1 Å². The van der Waals surface area contributed by atoms with Crippen LogP contribution in [-0.4, -0.2) is 63.4 Å². The number of likely N-dealkylation sites (N-methyl/N-ethyl adjacent to an activating group) is 1. The summed E-state index contributed by atoms with van der Waals surface area (Å²) in [7, 11) is -1.66. The predicted octanol–water partition coefficient (Wildman–Crippen LogP) is 2.44. The van der Waals surface area contributed by atoms with E-state index in [0.29, 0.717) is 44.2 Å². The average molecular weight is 416 g/mol. The van der Waals surface area contributed by atoms with Crippen LogP contribution in [0.25, 0.3) is 0 Å². The van der Waals surface area contributed by atoms with Crippen LogP contribution in [0.5, 0.6) is 5.75 Å². The van der Waals surface area contributed by atoms with E-state index in [2.05, 4.69) is 16.8 Å². The van der Waals surface area contributed by atoms with Crippen LogP contribution >= 0.6 is 0 Å². The number of piperazine rings is 1. The summed E-state index contributed by atoms with van der Waals surface area (Å²) >= 11 is 0. The van der Waals surface area contributed by atoms with Gasteiger partial charge < -0.3 is 15.0 Å². The monoisotopic (exact) mass is 415 g/mol. The second-order valence-corrected chi connectivity index (χ2v) is 8.75. The standard InChI is InChI=1S/C21H25N3O4S/c1-3-15-28-19-9-7-18(8-10-19)22-21(25)17-5-4-6-20(16-17)29(26,27)24-13-11-23(2)12-14-24/h3-10,16H,1,11-15H2,2H3,(H,22,25). The number of nitrogens with zero attached hydrogens (tertiary/aromatic N) is 2. The van der Waals surface area contributed by atoms with Gasteiger partial charge in [0.25, 0.3) is 5.91 Å². The Hall–Kier alpha value is -2.68. The fourth-order valence-electron chi connectivity index (χ4n) is 2.97. The van der Waals surface area contributed by atoms with E-state index in [1.807, 2.05) is 7.05 Å². The van der Waals surface area contributed by atoms with Crippen molar-refractivity contribution in [2.75, 3.05) is 45.2 Å². The van der Waals surface area contributed by atoms with Gasteiger partial charge in [-0.15, -0.1) is 0 Å². The Morgan fingerprint density at radius 1 is 1.14 bits per heavy atom. The van der Waals surface area contributed by atoms with Crippen LogP contribution in [0.15, 0.2) is 66.1 Å². The van der Waals surface area contributed by atoms with Crippen LogP contribution in [0.2, 0.25) is 0 Å². The van der Waals surface area contributed by atoms with Crippen LogP contribution in [0.3, 0.4) is 0 Å². The molecule has 1 heterocycles. The van der Waals surface area contributed by atoms with E-state index in [4.69, 9.17) is 4.74 Å². The van der Waals surface area contributed by atoms with E-state index in [0.717, 1.165) is 0 Å². The molecular formula is C21H25N3O4S.